The Bertz CT molecular complexity index is 1430. The second kappa shape index (κ2) is 17.9. The van der Waals surface area contributed by atoms with Gasteiger partial charge in [-0.15, -0.1) is 0 Å². The zero-order valence-electron chi connectivity index (χ0n) is 29.3. The van der Waals surface area contributed by atoms with Crippen LogP contribution in [0.1, 0.15) is 44.4 Å². The number of benzene rings is 3. The lowest BCUT2D eigenvalue weighted by Crippen LogP contribution is -2.62. The third-order valence-electron chi connectivity index (χ3n) is 9.50. The number of esters is 1. The smallest absolute Gasteiger partial charge is 0.330 e. The maximum Gasteiger partial charge on any atom is 0.330 e. The largest absolute Gasteiger partial charge is 0.497 e. The van der Waals surface area contributed by atoms with Gasteiger partial charge in [-0.1, -0.05) is 135 Å². The van der Waals surface area contributed by atoms with Crippen molar-refractivity contribution in [2.75, 3.05) is 13.7 Å². The molecule has 9 heteroatoms. The van der Waals surface area contributed by atoms with Crippen molar-refractivity contribution in [1.29, 1.82) is 0 Å². The van der Waals surface area contributed by atoms with Crippen molar-refractivity contribution in [3.8, 4) is 5.75 Å². The van der Waals surface area contributed by atoms with Crippen LogP contribution in [0.3, 0.4) is 0 Å². The molecule has 1 aliphatic heterocycles. The fourth-order valence-electron chi connectivity index (χ4n) is 5.69. The van der Waals surface area contributed by atoms with E-state index in [-0.39, 0.29) is 26.6 Å². The third kappa shape index (κ3) is 10.2. The van der Waals surface area contributed by atoms with Gasteiger partial charge in [0.2, 0.25) is 0 Å². The van der Waals surface area contributed by atoms with Crippen LogP contribution in [0.4, 0.5) is 0 Å². The number of alkyl halides is 1. The Hall–Kier alpha value is -2.54. The Labute approximate surface area is 301 Å². The molecule has 0 N–H and O–H groups in total. The highest BCUT2D eigenvalue weighted by atomic mass is 127. The fourth-order valence-corrected chi connectivity index (χ4v) is 9.35. The van der Waals surface area contributed by atoms with E-state index in [1.165, 1.54) is 0 Å². The van der Waals surface area contributed by atoms with Gasteiger partial charge >= 0.3 is 5.97 Å². The van der Waals surface area contributed by atoms with Crippen LogP contribution in [-0.4, -0.2) is 56.3 Å². The van der Waals surface area contributed by atoms with Crippen molar-refractivity contribution >= 4 is 36.6 Å². The van der Waals surface area contributed by atoms with Crippen LogP contribution in [0.25, 0.3) is 0 Å². The molecule has 1 aliphatic rings. The number of hydrogen-bond donors (Lipinski definition) is 0. The Morgan fingerprint density at radius 2 is 1.35 bits per heavy atom. The van der Waals surface area contributed by atoms with Crippen LogP contribution in [0.2, 0.25) is 23.7 Å². The van der Waals surface area contributed by atoms with Gasteiger partial charge < -0.3 is 28.4 Å². The summed E-state index contributed by atoms with van der Waals surface area (Å²) in [6.07, 6.45) is 1.67. The molecule has 260 valence electrons. The molecule has 0 bridgehead atoms. The minimum atomic E-state index is -2.25. The second-order valence-electron chi connectivity index (χ2n) is 13.7. The zero-order valence-corrected chi connectivity index (χ0v) is 32.4. The molecule has 0 spiro atoms. The minimum Gasteiger partial charge on any atom is -0.497 e. The predicted molar refractivity (Wildman–Crippen MR) is 201 cm³/mol. The first-order chi connectivity index (χ1) is 22.9. The zero-order chi connectivity index (χ0) is 34.7. The Kier molecular flexibility index (Phi) is 14.3. The first-order valence-corrected chi connectivity index (χ1v) is 21.0. The highest BCUT2D eigenvalue weighted by Crippen LogP contribution is 2.49. The summed E-state index contributed by atoms with van der Waals surface area (Å²) in [6.45, 7) is 14.8. The van der Waals surface area contributed by atoms with E-state index < -0.39 is 26.6 Å². The van der Waals surface area contributed by atoms with E-state index in [1.54, 1.807) is 13.2 Å². The van der Waals surface area contributed by atoms with Crippen molar-refractivity contribution in [3.05, 3.63) is 114 Å². The number of hydrogen-bond acceptors (Lipinski definition) is 7. The van der Waals surface area contributed by atoms with Crippen LogP contribution in [0.15, 0.2) is 97.1 Å². The average molecular weight is 787 g/mol. The summed E-state index contributed by atoms with van der Waals surface area (Å²) in [5.41, 5.74) is 3.00. The first-order valence-electron chi connectivity index (χ1n) is 16.6. The lowest BCUT2D eigenvalue weighted by atomic mass is 9.97. The molecule has 6 atom stereocenters. The molecule has 4 rings (SSSR count). The first kappa shape index (κ1) is 38.3. The molecule has 48 heavy (non-hydrogen) atoms. The fraction of sp³-hybridized carbons (Fsp3) is 0.462. The van der Waals surface area contributed by atoms with E-state index in [0.717, 1.165) is 22.4 Å². The maximum atomic E-state index is 12.7. The monoisotopic (exact) mass is 786 g/mol. The standard InChI is InChI=1S/C39H51IO7Si/c1-8-43-33(41)24-23-32(48(6,7)39(2,3)4)35-37(45-26-29-17-13-10-14-18-29)36(44-25-28-15-11-9-12-16-28)34(40)38(47-35)46-27-30-19-21-31(42-5)22-20-30/h9-24,32,34-38H,8,25-27H2,1-7H3/b24-23+/t32-,34+,35-,36-,37-,38+/m1/s1. The van der Waals surface area contributed by atoms with Gasteiger partial charge in [-0.2, -0.15) is 0 Å². The van der Waals surface area contributed by atoms with E-state index >= 15 is 0 Å². The van der Waals surface area contributed by atoms with Gasteiger partial charge in [0.05, 0.1) is 51.6 Å². The molecule has 1 saturated heterocycles. The van der Waals surface area contributed by atoms with Gasteiger partial charge in [-0.25, -0.2) is 4.79 Å². The van der Waals surface area contributed by atoms with Crippen LogP contribution >= 0.6 is 22.6 Å². The summed E-state index contributed by atoms with van der Waals surface area (Å²) >= 11 is 2.40. The third-order valence-corrected chi connectivity index (χ3v) is 16.9. The van der Waals surface area contributed by atoms with Gasteiger partial charge in [0.1, 0.15) is 18.0 Å². The quantitative estimate of drug-likeness (QED) is 0.0501. The molecule has 0 radical (unpaired) electrons. The van der Waals surface area contributed by atoms with Gasteiger partial charge in [0.25, 0.3) is 0 Å². The summed E-state index contributed by atoms with van der Waals surface area (Å²) < 4.78 is 37.8. The van der Waals surface area contributed by atoms with Gasteiger partial charge in [-0.3, -0.25) is 0 Å². The van der Waals surface area contributed by atoms with Gasteiger partial charge in [0.15, 0.2) is 6.29 Å². The number of ether oxygens (including phenoxy) is 6. The average Bonchev–Trinajstić information content (AvgIpc) is 3.07. The molecule has 7 nitrogen and oxygen atoms in total. The highest BCUT2D eigenvalue weighted by Gasteiger charge is 2.54. The van der Waals surface area contributed by atoms with Crippen LogP contribution in [0, 0.1) is 0 Å². The molecule has 0 unspecified atom stereocenters. The minimum absolute atomic E-state index is 0.0367. The Balaban J connectivity index is 1.76. The lowest BCUT2D eigenvalue weighted by molar-refractivity contribution is -0.265. The molecular weight excluding hydrogens is 735 g/mol. The van der Waals surface area contributed by atoms with E-state index in [0.29, 0.717) is 26.4 Å². The molecular formula is C39H51IO7Si. The second-order valence-corrected chi connectivity index (χ2v) is 20.8. The van der Waals surface area contributed by atoms with Crippen molar-refractivity contribution in [2.24, 2.45) is 0 Å². The molecule has 1 fully saturated rings. The number of methoxy groups -OCH3 is 1. The number of rotatable bonds is 15. The summed E-state index contributed by atoms with van der Waals surface area (Å²) in [7, 11) is -0.598. The maximum absolute atomic E-state index is 12.7. The molecule has 0 amide bonds. The van der Waals surface area contributed by atoms with Crippen molar-refractivity contribution in [2.45, 2.75) is 99.7 Å². The summed E-state index contributed by atoms with van der Waals surface area (Å²) in [5.74, 6) is 0.424. The molecule has 3 aromatic carbocycles. The van der Waals surface area contributed by atoms with Crippen molar-refractivity contribution in [3.63, 3.8) is 0 Å². The van der Waals surface area contributed by atoms with Gasteiger partial charge in [-0.05, 0) is 40.8 Å². The van der Waals surface area contributed by atoms with E-state index in [9.17, 15) is 4.79 Å². The Morgan fingerprint density at radius 3 is 1.88 bits per heavy atom. The number of carbonyl (C=O) groups excluding carboxylic acids is 1. The van der Waals surface area contributed by atoms with Crippen molar-refractivity contribution in [1.82, 2.24) is 0 Å². The van der Waals surface area contributed by atoms with E-state index in [1.807, 2.05) is 73.7 Å². The topological polar surface area (TPSA) is 72.5 Å². The summed E-state index contributed by atoms with van der Waals surface area (Å²) in [6, 6.07) is 28.2. The van der Waals surface area contributed by atoms with Crippen LogP contribution < -0.4 is 4.74 Å². The molecule has 3 aromatic rings. The molecule has 1 heterocycles. The predicted octanol–water partition coefficient (Wildman–Crippen LogP) is 8.91. The normalized spacial score (nSPS) is 22.4. The molecule has 0 aliphatic carbocycles. The summed E-state index contributed by atoms with van der Waals surface area (Å²) in [5, 5.41) is -0.0367. The van der Waals surface area contributed by atoms with Crippen molar-refractivity contribution < 1.29 is 33.2 Å². The Morgan fingerprint density at radius 1 is 0.833 bits per heavy atom. The lowest BCUT2D eigenvalue weighted by Gasteiger charge is -2.52. The molecule has 0 aromatic heterocycles. The SMILES string of the molecule is CCOC(=O)/C=C/[C@H]([C@H]1O[C@H](OCc2ccc(OC)cc2)[C@@H](I)[C@@H](OCc2ccccc2)[C@@H]1OCc1ccccc1)[Si](C)(C)C(C)(C)C. The number of carbonyl (C=O) groups is 1. The van der Waals surface area contributed by atoms with Gasteiger partial charge in [0, 0.05) is 11.6 Å². The molecule has 0 saturated carbocycles. The van der Waals surface area contributed by atoms with E-state index in [4.69, 9.17) is 28.4 Å². The van der Waals surface area contributed by atoms with E-state index in [2.05, 4.69) is 80.7 Å². The summed E-state index contributed by atoms with van der Waals surface area (Å²) in [4.78, 5) is 12.7. The van der Waals surface area contributed by atoms with Crippen LogP contribution in [-0.2, 0) is 48.3 Å². The van der Waals surface area contributed by atoms with Crippen LogP contribution in [0.5, 0.6) is 5.75 Å². The highest BCUT2D eigenvalue weighted by molar-refractivity contribution is 14.1. The number of halogens is 1.